The Morgan fingerprint density at radius 1 is 1.27 bits per heavy atom. The average Bonchev–Trinajstić information content (AvgIpc) is 3.12. The summed E-state index contributed by atoms with van der Waals surface area (Å²) in [4.78, 5) is 12.7. The van der Waals surface area contributed by atoms with Gasteiger partial charge in [0.15, 0.2) is 5.76 Å². The number of amides is 1. The molecule has 140 valence electrons. The molecule has 1 saturated heterocycles. The van der Waals surface area contributed by atoms with Crippen molar-refractivity contribution in [3.63, 3.8) is 0 Å². The van der Waals surface area contributed by atoms with E-state index in [2.05, 4.69) is 5.32 Å². The first kappa shape index (κ1) is 18.5. The third-order valence-electron chi connectivity index (χ3n) is 4.38. The van der Waals surface area contributed by atoms with Crippen LogP contribution in [-0.4, -0.2) is 37.9 Å². The monoisotopic (exact) mass is 359 g/mol. The van der Waals surface area contributed by atoms with Crippen LogP contribution >= 0.6 is 0 Å². The van der Waals surface area contributed by atoms with Crippen molar-refractivity contribution in [3.8, 4) is 5.75 Å². The minimum Gasteiger partial charge on any atom is -0.486 e. The van der Waals surface area contributed by atoms with E-state index in [1.54, 1.807) is 6.07 Å². The summed E-state index contributed by atoms with van der Waals surface area (Å²) < 4.78 is 22.3. The number of rotatable bonds is 7. The van der Waals surface area contributed by atoms with Crippen molar-refractivity contribution in [3.05, 3.63) is 53.5 Å². The lowest BCUT2D eigenvalue weighted by atomic mass is 10.1. The van der Waals surface area contributed by atoms with Crippen LogP contribution in [0.25, 0.3) is 0 Å². The zero-order valence-electron chi connectivity index (χ0n) is 15.2. The molecule has 1 N–H and O–H groups in total. The number of hydrogen-bond acceptors (Lipinski definition) is 5. The normalized spacial score (nSPS) is 19.9. The molecule has 0 bridgehead atoms. The molecule has 6 nitrogen and oxygen atoms in total. The molecular weight excluding hydrogens is 334 g/mol. The van der Waals surface area contributed by atoms with E-state index in [0.717, 1.165) is 17.7 Å². The molecule has 0 unspecified atom stereocenters. The van der Waals surface area contributed by atoms with Crippen molar-refractivity contribution in [1.29, 1.82) is 0 Å². The molecular formula is C20H25NO5. The van der Waals surface area contributed by atoms with E-state index in [-0.39, 0.29) is 24.7 Å². The van der Waals surface area contributed by atoms with E-state index in [1.807, 2.05) is 38.1 Å². The van der Waals surface area contributed by atoms with Gasteiger partial charge < -0.3 is 23.9 Å². The summed E-state index contributed by atoms with van der Waals surface area (Å²) in [5.41, 5.74) is 1.65. The minimum atomic E-state index is -0.183. The quantitative estimate of drug-likeness (QED) is 0.823. The summed E-state index contributed by atoms with van der Waals surface area (Å²) in [6.07, 6.45) is 2.10. The molecule has 3 rings (SSSR count). The van der Waals surface area contributed by atoms with Gasteiger partial charge >= 0.3 is 0 Å². The summed E-state index contributed by atoms with van der Waals surface area (Å²) >= 11 is 0. The lowest BCUT2D eigenvalue weighted by molar-refractivity contribution is -0.0632. The first-order chi connectivity index (χ1) is 12.7. The van der Waals surface area contributed by atoms with Gasteiger partial charge in [0.05, 0.1) is 24.5 Å². The molecule has 2 atom stereocenters. The van der Waals surface area contributed by atoms with Gasteiger partial charge in [-0.05, 0) is 38.5 Å². The van der Waals surface area contributed by atoms with Crippen LogP contribution in [0.3, 0.4) is 0 Å². The molecule has 26 heavy (non-hydrogen) atoms. The first-order valence-corrected chi connectivity index (χ1v) is 8.93. The zero-order valence-corrected chi connectivity index (χ0v) is 15.2. The highest BCUT2D eigenvalue weighted by molar-refractivity contribution is 5.95. The van der Waals surface area contributed by atoms with Crippen molar-refractivity contribution >= 4 is 5.91 Å². The van der Waals surface area contributed by atoms with Gasteiger partial charge in [-0.1, -0.05) is 17.7 Å². The Hall–Kier alpha value is -2.31. The van der Waals surface area contributed by atoms with Crippen molar-refractivity contribution in [2.75, 3.05) is 19.8 Å². The average molecular weight is 359 g/mol. The molecule has 2 aromatic rings. The molecule has 1 aromatic carbocycles. The molecule has 0 aliphatic carbocycles. The Morgan fingerprint density at radius 2 is 2.08 bits per heavy atom. The second-order valence-corrected chi connectivity index (χ2v) is 6.30. The fraction of sp³-hybridized carbons (Fsp3) is 0.450. The van der Waals surface area contributed by atoms with Crippen LogP contribution in [0.1, 0.15) is 35.0 Å². The maximum absolute atomic E-state index is 12.7. The van der Waals surface area contributed by atoms with E-state index in [0.29, 0.717) is 31.1 Å². The van der Waals surface area contributed by atoms with E-state index < -0.39 is 0 Å². The third-order valence-corrected chi connectivity index (χ3v) is 4.38. The number of hydrogen-bond donors (Lipinski definition) is 1. The standard InChI is InChI=1S/C20H25NO5/c1-3-24-19-12-23-10-9-17(19)21-20(22)16-8-11-25-18(16)13-26-15-6-4-14(2)5-7-15/h4-8,11,17,19H,3,9-10,12-13H2,1-2H3,(H,21,22)/t17-,19-/m1/s1. The van der Waals surface area contributed by atoms with Gasteiger partial charge in [0.2, 0.25) is 0 Å². The van der Waals surface area contributed by atoms with Crippen molar-refractivity contribution < 1.29 is 23.4 Å². The van der Waals surface area contributed by atoms with Crippen LogP contribution in [0.5, 0.6) is 5.75 Å². The number of carbonyl (C=O) groups excluding carboxylic acids is 1. The topological polar surface area (TPSA) is 69.9 Å². The molecule has 1 fully saturated rings. The highest BCUT2D eigenvalue weighted by Gasteiger charge is 2.29. The van der Waals surface area contributed by atoms with Crippen molar-refractivity contribution in [2.24, 2.45) is 0 Å². The van der Waals surface area contributed by atoms with E-state index >= 15 is 0 Å². The fourth-order valence-corrected chi connectivity index (χ4v) is 2.94. The highest BCUT2D eigenvalue weighted by atomic mass is 16.5. The third kappa shape index (κ3) is 4.65. The molecule has 0 spiro atoms. The molecule has 1 amide bonds. The first-order valence-electron chi connectivity index (χ1n) is 8.93. The van der Waals surface area contributed by atoms with Gasteiger partial charge in [0.25, 0.3) is 5.91 Å². The molecule has 1 aliphatic heterocycles. The maximum Gasteiger partial charge on any atom is 0.255 e. The SMILES string of the molecule is CCO[C@@H]1COCC[C@H]1NC(=O)c1ccoc1COc1ccc(C)cc1. The van der Waals surface area contributed by atoms with Crippen molar-refractivity contribution in [2.45, 2.75) is 39.0 Å². The highest BCUT2D eigenvalue weighted by Crippen LogP contribution is 2.18. The second kappa shape index (κ2) is 8.87. The number of ether oxygens (including phenoxy) is 3. The second-order valence-electron chi connectivity index (χ2n) is 6.30. The Balaban J connectivity index is 1.61. The molecule has 0 saturated carbocycles. The number of nitrogens with one attached hydrogen (secondary N) is 1. The number of aryl methyl sites for hydroxylation is 1. The number of furan rings is 1. The molecule has 2 heterocycles. The fourth-order valence-electron chi connectivity index (χ4n) is 2.94. The Kier molecular flexibility index (Phi) is 6.30. The Labute approximate surface area is 153 Å². The largest absolute Gasteiger partial charge is 0.486 e. The van der Waals surface area contributed by atoms with Crippen LogP contribution in [0.2, 0.25) is 0 Å². The molecule has 0 radical (unpaired) electrons. The number of benzene rings is 1. The lowest BCUT2D eigenvalue weighted by Crippen LogP contribution is -2.50. The maximum atomic E-state index is 12.7. The van der Waals surface area contributed by atoms with E-state index in [1.165, 1.54) is 6.26 Å². The molecule has 6 heteroatoms. The summed E-state index contributed by atoms with van der Waals surface area (Å²) in [6.45, 7) is 5.84. The van der Waals surface area contributed by atoms with Gasteiger partial charge in [-0.25, -0.2) is 0 Å². The smallest absolute Gasteiger partial charge is 0.255 e. The predicted molar refractivity (Wildman–Crippen MR) is 96.3 cm³/mol. The molecule has 1 aliphatic rings. The van der Waals surface area contributed by atoms with Gasteiger partial charge in [-0.3, -0.25) is 4.79 Å². The van der Waals surface area contributed by atoms with Gasteiger partial charge in [-0.15, -0.1) is 0 Å². The van der Waals surface area contributed by atoms with Crippen LogP contribution in [0.4, 0.5) is 0 Å². The summed E-state index contributed by atoms with van der Waals surface area (Å²) in [5.74, 6) is 1.06. The van der Waals surface area contributed by atoms with Gasteiger partial charge in [0, 0.05) is 13.2 Å². The zero-order chi connectivity index (χ0) is 18.4. The number of carbonyl (C=O) groups is 1. The van der Waals surface area contributed by atoms with E-state index in [4.69, 9.17) is 18.6 Å². The molecule has 1 aromatic heterocycles. The van der Waals surface area contributed by atoms with Crippen LogP contribution in [0, 0.1) is 6.92 Å². The predicted octanol–water partition coefficient (Wildman–Crippen LogP) is 3.09. The summed E-state index contributed by atoms with van der Waals surface area (Å²) in [6, 6.07) is 9.34. The lowest BCUT2D eigenvalue weighted by Gasteiger charge is -2.31. The van der Waals surface area contributed by atoms with Gasteiger partial charge in [-0.2, -0.15) is 0 Å². The Morgan fingerprint density at radius 3 is 2.85 bits per heavy atom. The summed E-state index contributed by atoms with van der Waals surface area (Å²) in [7, 11) is 0. The summed E-state index contributed by atoms with van der Waals surface area (Å²) in [5, 5.41) is 3.04. The van der Waals surface area contributed by atoms with Gasteiger partial charge in [0.1, 0.15) is 18.5 Å². The van der Waals surface area contributed by atoms with Crippen LogP contribution in [0.15, 0.2) is 41.0 Å². The van der Waals surface area contributed by atoms with Crippen LogP contribution < -0.4 is 10.1 Å². The van der Waals surface area contributed by atoms with Crippen molar-refractivity contribution in [1.82, 2.24) is 5.32 Å². The van der Waals surface area contributed by atoms with Crippen LogP contribution in [-0.2, 0) is 16.1 Å². The van der Waals surface area contributed by atoms with E-state index in [9.17, 15) is 4.79 Å². The minimum absolute atomic E-state index is 0.0723. The Bertz CT molecular complexity index is 707.